The molecule has 2 heterocycles. The second kappa shape index (κ2) is 12.5. The summed E-state index contributed by atoms with van der Waals surface area (Å²) in [6.45, 7) is 10.5. The van der Waals surface area contributed by atoms with E-state index in [2.05, 4.69) is 15.8 Å². The van der Waals surface area contributed by atoms with Crippen LogP contribution in [0.25, 0.3) is 10.9 Å². The van der Waals surface area contributed by atoms with E-state index in [0.29, 0.717) is 43.3 Å². The maximum atomic E-state index is 12.4. The first-order chi connectivity index (χ1) is 19.2. The van der Waals surface area contributed by atoms with Crippen molar-refractivity contribution in [1.82, 2.24) is 19.6 Å². The minimum absolute atomic E-state index is 0.202. The van der Waals surface area contributed by atoms with E-state index in [1.54, 1.807) is 0 Å². The van der Waals surface area contributed by atoms with Gasteiger partial charge in [0, 0.05) is 49.9 Å². The molecule has 1 aliphatic heterocycles. The number of rotatable bonds is 8. The maximum Gasteiger partial charge on any atom is 0.410 e. The molecule has 2 aliphatic rings. The normalized spacial score (nSPS) is 20.5. The molecule has 216 valence electrons. The van der Waals surface area contributed by atoms with Crippen molar-refractivity contribution >= 4 is 22.7 Å². The van der Waals surface area contributed by atoms with Gasteiger partial charge in [0.1, 0.15) is 18.0 Å². The molecule has 2 fully saturated rings. The van der Waals surface area contributed by atoms with Crippen molar-refractivity contribution in [2.75, 3.05) is 45.1 Å². The highest BCUT2D eigenvalue weighted by Crippen LogP contribution is 2.34. The molecule has 1 saturated carbocycles. The molecule has 0 bridgehead atoms. The Kier molecular flexibility index (Phi) is 8.81. The van der Waals surface area contributed by atoms with E-state index < -0.39 is 5.60 Å². The monoisotopic (exact) mass is 549 g/mol. The van der Waals surface area contributed by atoms with Gasteiger partial charge in [-0.15, -0.1) is 0 Å². The Labute approximate surface area is 237 Å². The van der Waals surface area contributed by atoms with Crippen LogP contribution in [0.15, 0.2) is 48.7 Å². The van der Waals surface area contributed by atoms with Crippen molar-refractivity contribution in [3.63, 3.8) is 0 Å². The van der Waals surface area contributed by atoms with Gasteiger partial charge in [-0.25, -0.2) is 4.79 Å². The number of amides is 1. The maximum absolute atomic E-state index is 12.4. The zero-order valence-corrected chi connectivity index (χ0v) is 24.1. The quantitative estimate of drug-likeness (QED) is 0.303. The minimum Gasteiger partial charge on any atom is -0.489 e. The Bertz CT molecular complexity index is 1260. The standard InChI is InChI=1S/C31H43N5O4/c1-31(2,3)40-30(37)35-15-13-34(14-16-35)25-9-11-26(12-10-25)36-21-24-19-27(32)29(20-28(24)33-36)39-18-17-38-22-23-7-5-4-6-8-23/h4-8,19-21,25-26H,9-18,22,32H2,1-3H3. The van der Waals surface area contributed by atoms with Crippen molar-refractivity contribution in [2.45, 2.75) is 70.7 Å². The van der Waals surface area contributed by atoms with Crippen LogP contribution in [0.4, 0.5) is 10.5 Å². The van der Waals surface area contributed by atoms with E-state index in [4.69, 9.17) is 25.0 Å². The smallest absolute Gasteiger partial charge is 0.410 e. The van der Waals surface area contributed by atoms with Crippen LogP contribution in [0.3, 0.4) is 0 Å². The van der Waals surface area contributed by atoms with Crippen molar-refractivity contribution in [3.8, 4) is 5.75 Å². The van der Waals surface area contributed by atoms with E-state index in [9.17, 15) is 4.79 Å². The van der Waals surface area contributed by atoms with E-state index in [0.717, 1.165) is 68.3 Å². The van der Waals surface area contributed by atoms with Crippen LogP contribution < -0.4 is 10.5 Å². The summed E-state index contributed by atoms with van der Waals surface area (Å²) in [7, 11) is 0. The van der Waals surface area contributed by atoms with Gasteiger partial charge >= 0.3 is 6.09 Å². The highest BCUT2D eigenvalue weighted by Gasteiger charge is 2.31. The minimum atomic E-state index is -0.457. The lowest BCUT2D eigenvalue weighted by Gasteiger charge is -2.42. The number of ether oxygens (including phenoxy) is 3. The van der Waals surface area contributed by atoms with Crippen LogP contribution in [0.5, 0.6) is 5.75 Å². The second-order valence-corrected chi connectivity index (χ2v) is 11.9. The molecule has 40 heavy (non-hydrogen) atoms. The number of nitrogen functional groups attached to an aromatic ring is 1. The largest absolute Gasteiger partial charge is 0.489 e. The fraction of sp³-hybridized carbons (Fsp3) is 0.548. The molecule has 9 nitrogen and oxygen atoms in total. The summed E-state index contributed by atoms with van der Waals surface area (Å²) in [5.41, 5.74) is 8.50. The molecule has 1 aromatic heterocycles. The van der Waals surface area contributed by atoms with Gasteiger partial charge in [0.2, 0.25) is 0 Å². The van der Waals surface area contributed by atoms with E-state index in [-0.39, 0.29) is 6.09 Å². The summed E-state index contributed by atoms with van der Waals surface area (Å²) in [5, 5.41) is 5.93. The van der Waals surface area contributed by atoms with Gasteiger partial charge in [0.25, 0.3) is 0 Å². The van der Waals surface area contributed by atoms with E-state index >= 15 is 0 Å². The number of benzene rings is 2. The molecule has 2 aromatic carbocycles. The second-order valence-electron chi connectivity index (χ2n) is 11.9. The van der Waals surface area contributed by atoms with Crippen LogP contribution >= 0.6 is 0 Å². The molecule has 1 saturated heterocycles. The zero-order valence-electron chi connectivity index (χ0n) is 24.1. The fourth-order valence-electron chi connectivity index (χ4n) is 5.66. The van der Waals surface area contributed by atoms with Gasteiger partial charge in [-0.3, -0.25) is 9.58 Å². The van der Waals surface area contributed by atoms with Crippen molar-refractivity contribution in [2.24, 2.45) is 0 Å². The third-order valence-electron chi connectivity index (χ3n) is 7.77. The topological polar surface area (TPSA) is 95.1 Å². The Balaban J connectivity index is 1.08. The van der Waals surface area contributed by atoms with Crippen LogP contribution in [-0.2, 0) is 16.1 Å². The number of hydrogen-bond acceptors (Lipinski definition) is 7. The number of nitrogens with zero attached hydrogens (tertiary/aromatic N) is 4. The first-order valence-electron chi connectivity index (χ1n) is 14.5. The average Bonchev–Trinajstić information content (AvgIpc) is 3.35. The number of piperazine rings is 1. The number of carbonyl (C=O) groups is 1. The number of carbonyl (C=O) groups excluding carboxylic acids is 1. The van der Waals surface area contributed by atoms with Crippen LogP contribution in [0.1, 0.15) is 58.1 Å². The van der Waals surface area contributed by atoms with Crippen molar-refractivity contribution in [1.29, 1.82) is 0 Å². The molecule has 9 heteroatoms. The lowest BCUT2D eigenvalue weighted by atomic mass is 9.90. The van der Waals surface area contributed by atoms with Crippen molar-refractivity contribution in [3.05, 3.63) is 54.2 Å². The molecular formula is C31H43N5O4. The molecule has 2 N–H and O–H groups in total. The molecule has 0 unspecified atom stereocenters. The molecule has 1 aliphatic carbocycles. The summed E-state index contributed by atoms with van der Waals surface area (Å²) in [5.74, 6) is 0.648. The Morgan fingerprint density at radius 3 is 2.38 bits per heavy atom. The zero-order chi connectivity index (χ0) is 28.1. The molecule has 3 aromatic rings. The molecular weight excluding hydrogens is 506 g/mol. The number of nitrogens with two attached hydrogens (primary N) is 1. The number of aromatic nitrogens is 2. The summed E-state index contributed by atoms with van der Waals surface area (Å²) in [4.78, 5) is 16.8. The van der Waals surface area contributed by atoms with E-state index in [1.807, 2.05) is 68.1 Å². The average molecular weight is 550 g/mol. The SMILES string of the molecule is CC(C)(C)OC(=O)N1CCN(C2CCC(n3cc4cc(N)c(OCCOCc5ccccc5)cc4n3)CC2)CC1. The van der Waals surface area contributed by atoms with Crippen molar-refractivity contribution < 1.29 is 19.0 Å². The summed E-state index contributed by atoms with van der Waals surface area (Å²) >= 11 is 0. The van der Waals surface area contributed by atoms with Crippen LogP contribution in [0, 0.1) is 0 Å². The third-order valence-corrected chi connectivity index (χ3v) is 7.77. The Morgan fingerprint density at radius 2 is 1.68 bits per heavy atom. The van der Waals surface area contributed by atoms with Crippen LogP contribution in [-0.4, -0.2) is 76.7 Å². The lowest BCUT2D eigenvalue weighted by molar-refractivity contribution is 0.00722. The predicted octanol–water partition coefficient (Wildman–Crippen LogP) is 5.25. The Hall–Kier alpha value is -3.30. The number of fused-ring (bicyclic) bond motifs is 1. The van der Waals surface area contributed by atoms with E-state index in [1.165, 1.54) is 0 Å². The fourth-order valence-corrected chi connectivity index (χ4v) is 5.66. The highest BCUT2D eigenvalue weighted by molar-refractivity contribution is 5.84. The van der Waals surface area contributed by atoms with Crippen LogP contribution in [0.2, 0.25) is 0 Å². The third kappa shape index (κ3) is 7.26. The predicted molar refractivity (Wildman–Crippen MR) is 156 cm³/mol. The first-order valence-corrected chi connectivity index (χ1v) is 14.5. The van der Waals surface area contributed by atoms with Gasteiger partial charge in [0.15, 0.2) is 0 Å². The molecule has 5 rings (SSSR count). The van der Waals surface area contributed by atoms with Gasteiger partial charge in [-0.2, -0.15) is 5.10 Å². The van der Waals surface area contributed by atoms with Gasteiger partial charge < -0.3 is 24.8 Å². The summed E-state index contributed by atoms with van der Waals surface area (Å²) in [6, 6.07) is 14.9. The highest BCUT2D eigenvalue weighted by atomic mass is 16.6. The number of anilines is 1. The van der Waals surface area contributed by atoms with Gasteiger partial charge in [0.05, 0.1) is 30.5 Å². The van der Waals surface area contributed by atoms with Gasteiger partial charge in [-0.1, -0.05) is 30.3 Å². The Morgan fingerprint density at radius 1 is 0.975 bits per heavy atom. The lowest BCUT2D eigenvalue weighted by Crippen LogP contribution is -2.53. The molecule has 1 amide bonds. The first kappa shape index (κ1) is 28.2. The number of hydrogen-bond donors (Lipinski definition) is 1. The summed E-state index contributed by atoms with van der Waals surface area (Å²) < 4.78 is 19.3. The molecule has 0 spiro atoms. The van der Waals surface area contributed by atoms with Gasteiger partial charge in [-0.05, 0) is 58.1 Å². The molecule has 0 atom stereocenters. The molecule has 0 radical (unpaired) electrons. The summed E-state index contributed by atoms with van der Waals surface area (Å²) in [6.07, 6.45) is 6.35.